The number of hydrogen-bond donors (Lipinski definition) is 0. The molecule has 0 unspecified atom stereocenters. The van der Waals surface area contributed by atoms with Crippen molar-refractivity contribution < 1.29 is 0 Å². The molecule has 2 aromatic rings. The van der Waals surface area contributed by atoms with E-state index in [1.807, 2.05) is 0 Å². The van der Waals surface area contributed by atoms with Crippen LogP contribution in [0.1, 0.15) is 0 Å². The first-order chi connectivity index (χ1) is 7.33. The molecule has 0 aliphatic carbocycles. The maximum absolute atomic E-state index is 8.42. The zero-order valence-corrected chi connectivity index (χ0v) is 8.33. The Morgan fingerprint density at radius 3 is 2.93 bits per heavy atom. The molecule has 1 heterocycles. The van der Waals surface area contributed by atoms with E-state index in [0.29, 0.717) is 16.4 Å². The number of aromatic nitrogens is 2. The first-order valence-electron chi connectivity index (χ1n) is 4.16. The Morgan fingerprint density at radius 2 is 2.27 bits per heavy atom. The van der Waals surface area contributed by atoms with E-state index >= 15 is 0 Å². The molecule has 0 bridgehead atoms. The van der Waals surface area contributed by atoms with Crippen LogP contribution in [0.25, 0.3) is 16.1 Å². The smallest absolute Gasteiger partial charge is 0.0927 e. The van der Waals surface area contributed by atoms with E-state index in [2.05, 4.69) is 15.1 Å². The summed E-state index contributed by atoms with van der Waals surface area (Å²) >= 11 is 6.01. The van der Waals surface area contributed by atoms with Gasteiger partial charge in [-0.1, -0.05) is 28.8 Å². The molecule has 1 aromatic heterocycles. The molecule has 0 saturated carbocycles. The Bertz CT molecular complexity index is 513. The molecule has 0 aliphatic heterocycles. The van der Waals surface area contributed by atoms with Gasteiger partial charge >= 0.3 is 0 Å². The minimum absolute atomic E-state index is 0.453. The maximum atomic E-state index is 8.42. The Hall–Kier alpha value is -1.97. The first kappa shape index (κ1) is 9.58. The normalized spacial score (nSPS) is 9.67. The second kappa shape index (κ2) is 4.04. The molecule has 6 heteroatoms. The molecule has 5 nitrogen and oxygen atoms in total. The molecular formula is C9H6ClN5. The van der Waals surface area contributed by atoms with Crippen LogP contribution < -0.4 is 0 Å². The second-order valence-electron chi connectivity index (χ2n) is 2.75. The lowest BCUT2D eigenvalue weighted by Crippen LogP contribution is -1.95. The van der Waals surface area contributed by atoms with Gasteiger partial charge in [0.1, 0.15) is 0 Å². The van der Waals surface area contributed by atoms with Crippen LogP contribution in [0, 0.1) is 0 Å². The van der Waals surface area contributed by atoms with Gasteiger partial charge in [-0.25, -0.2) is 4.68 Å². The largest absolute Gasteiger partial charge is 0.239 e. The van der Waals surface area contributed by atoms with E-state index in [0.717, 1.165) is 0 Å². The van der Waals surface area contributed by atoms with Crippen molar-refractivity contribution in [3.05, 3.63) is 52.1 Å². The standard InChI is InChI=1S/C9H6ClN5/c10-7-3-1-4-8(13-14-11)9(7)15-6-2-5-12-15/h1-6H. The predicted molar refractivity (Wildman–Crippen MR) is 57.4 cm³/mol. The van der Waals surface area contributed by atoms with Crippen LogP contribution in [-0.2, 0) is 0 Å². The molecule has 0 atom stereocenters. The molecule has 0 spiro atoms. The van der Waals surface area contributed by atoms with Crippen LogP contribution in [0.15, 0.2) is 41.8 Å². The Labute approximate surface area is 90.5 Å². The highest BCUT2D eigenvalue weighted by molar-refractivity contribution is 6.32. The lowest BCUT2D eigenvalue weighted by atomic mass is 10.3. The van der Waals surface area contributed by atoms with Crippen LogP contribution in [0.5, 0.6) is 0 Å². The van der Waals surface area contributed by atoms with Gasteiger partial charge in [0.2, 0.25) is 0 Å². The summed E-state index contributed by atoms with van der Waals surface area (Å²) in [5.41, 5.74) is 9.46. The van der Waals surface area contributed by atoms with Gasteiger partial charge in [-0.05, 0) is 17.7 Å². The van der Waals surface area contributed by atoms with Crippen molar-refractivity contribution in [2.24, 2.45) is 5.11 Å². The molecule has 1 aromatic carbocycles. The zero-order chi connectivity index (χ0) is 10.7. The summed E-state index contributed by atoms with van der Waals surface area (Å²) in [4.78, 5) is 2.74. The molecule has 0 N–H and O–H groups in total. The molecule has 15 heavy (non-hydrogen) atoms. The van der Waals surface area contributed by atoms with Crippen molar-refractivity contribution in [1.29, 1.82) is 0 Å². The summed E-state index contributed by atoms with van der Waals surface area (Å²) in [6.45, 7) is 0. The van der Waals surface area contributed by atoms with E-state index in [-0.39, 0.29) is 0 Å². The Balaban J connectivity index is 2.68. The van der Waals surface area contributed by atoms with Crippen molar-refractivity contribution in [2.75, 3.05) is 0 Å². The molecule has 0 fully saturated rings. The minimum atomic E-state index is 0.453. The quantitative estimate of drug-likeness (QED) is 0.433. The van der Waals surface area contributed by atoms with Crippen LogP contribution in [0.4, 0.5) is 5.69 Å². The molecule has 0 radical (unpaired) electrons. The number of hydrogen-bond acceptors (Lipinski definition) is 2. The number of rotatable bonds is 2. The van der Waals surface area contributed by atoms with Gasteiger partial charge in [0, 0.05) is 17.3 Å². The van der Waals surface area contributed by atoms with Gasteiger partial charge in [0.05, 0.1) is 16.4 Å². The molecule has 0 saturated heterocycles. The molecular weight excluding hydrogens is 214 g/mol. The third-order valence-electron chi connectivity index (χ3n) is 1.85. The summed E-state index contributed by atoms with van der Waals surface area (Å²) in [5, 5.41) is 8.09. The number of benzene rings is 1. The topological polar surface area (TPSA) is 66.6 Å². The fraction of sp³-hybridized carbons (Fsp3) is 0. The number of nitrogens with zero attached hydrogens (tertiary/aromatic N) is 5. The van der Waals surface area contributed by atoms with Crippen molar-refractivity contribution in [3.8, 4) is 5.69 Å². The van der Waals surface area contributed by atoms with Crippen molar-refractivity contribution in [3.63, 3.8) is 0 Å². The number of halogens is 1. The SMILES string of the molecule is [N-]=[N+]=Nc1cccc(Cl)c1-n1cccn1. The van der Waals surface area contributed by atoms with Gasteiger partial charge < -0.3 is 0 Å². The summed E-state index contributed by atoms with van der Waals surface area (Å²) in [5.74, 6) is 0. The van der Waals surface area contributed by atoms with E-state index < -0.39 is 0 Å². The van der Waals surface area contributed by atoms with Crippen LogP contribution in [-0.4, -0.2) is 9.78 Å². The third kappa shape index (κ3) is 1.79. The van der Waals surface area contributed by atoms with E-state index in [1.54, 1.807) is 41.3 Å². The summed E-state index contributed by atoms with van der Waals surface area (Å²) in [6, 6.07) is 6.89. The summed E-state index contributed by atoms with van der Waals surface area (Å²) in [6.07, 6.45) is 3.36. The van der Waals surface area contributed by atoms with Gasteiger partial charge in [0.15, 0.2) is 0 Å². The van der Waals surface area contributed by atoms with E-state index in [1.165, 1.54) is 0 Å². The highest BCUT2D eigenvalue weighted by atomic mass is 35.5. The maximum Gasteiger partial charge on any atom is 0.0927 e. The monoisotopic (exact) mass is 219 g/mol. The Kier molecular flexibility index (Phi) is 2.58. The fourth-order valence-electron chi connectivity index (χ4n) is 1.26. The van der Waals surface area contributed by atoms with Crippen LogP contribution >= 0.6 is 11.6 Å². The molecule has 0 amide bonds. The van der Waals surface area contributed by atoms with Gasteiger partial charge in [-0.15, -0.1) is 0 Å². The number of para-hydroxylation sites is 1. The van der Waals surface area contributed by atoms with E-state index in [4.69, 9.17) is 17.1 Å². The second-order valence-corrected chi connectivity index (χ2v) is 3.15. The molecule has 74 valence electrons. The highest BCUT2D eigenvalue weighted by Gasteiger charge is 2.07. The summed E-state index contributed by atoms with van der Waals surface area (Å²) in [7, 11) is 0. The summed E-state index contributed by atoms with van der Waals surface area (Å²) < 4.78 is 1.56. The average Bonchev–Trinajstić information content (AvgIpc) is 2.71. The van der Waals surface area contributed by atoms with Gasteiger partial charge in [-0.3, -0.25) is 0 Å². The average molecular weight is 220 g/mol. The number of azide groups is 1. The lowest BCUT2D eigenvalue weighted by molar-refractivity contribution is 0.880. The van der Waals surface area contributed by atoms with Crippen molar-refractivity contribution >= 4 is 17.3 Å². The van der Waals surface area contributed by atoms with Gasteiger partial charge in [0.25, 0.3) is 0 Å². The van der Waals surface area contributed by atoms with E-state index in [9.17, 15) is 0 Å². The van der Waals surface area contributed by atoms with Crippen molar-refractivity contribution in [2.45, 2.75) is 0 Å². The first-order valence-corrected chi connectivity index (χ1v) is 4.54. The minimum Gasteiger partial charge on any atom is -0.239 e. The predicted octanol–water partition coefficient (Wildman–Crippen LogP) is 3.47. The van der Waals surface area contributed by atoms with Crippen molar-refractivity contribution in [1.82, 2.24) is 9.78 Å². The van der Waals surface area contributed by atoms with Gasteiger partial charge in [-0.2, -0.15) is 5.10 Å². The highest BCUT2D eigenvalue weighted by Crippen LogP contribution is 2.29. The Morgan fingerprint density at radius 1 is 1.40 bits per heavy atom. The van der Waals surface area contributed by atoms with Crippen LogP contribution in [0.3, 0.4) is 0 Å². The molecule has 0 aliphatic rings. The molecule has 2 rings (SSSR count). The fourth-order valence-corrected chi connectivity index (χ4v) is 1.52. The lowest BCUT2D eigenvalue weighted by Gasteiger charge is -2.06. The van der Waals surface area contributed by atoms with Crippen LogP contribution in [0.2, 0.25) is 5.02 Å². The third-order valence-corrected chi connectivity index (χ3v) is 2.16. The zero-order valence-electron chi connectivity index (χ0n) is 7.58.